The Hall–Kier alpha value is -2.04. The van der Waals surface area contributed by atoms with Crippen molar-refractivity contribution in [3.05, 3.63) is 58.1 Å². The van der Waals surface area contributed by atoms with E-state index in [1.165, 1.54) is 11.1 Å². The van der Waals surface area contributed by atoms with Gasteiger partial charge in [0, 0.05) is 29.9 Å². The van der Waals surface area contributed by atoms with Crippen LogP contribution < -0.4 is 15.4 Å². The summed E-state index contributed by atoms with van der Waals surface area (Å²) < 4.78 is 5.40. The van der Waals surface area contributed by atoms with E-state index in [1.807, 2.05) is 44.2 Å². The molecule has 2 aromatic carbocycles. The molecule has 0 radical (unpaired) electrons. The zero-order valence-electron chi connectivity index (χ0n) is 13.5. The lowest BCUT2D eigenvalue weighted by atomic mass is 10.0. The molecule has 0 saturated heterocycles. The van der Waals surface area contributed by atoms with Gasteiger partial charge in [0.1, 0.15) is 5.75 Å². The highest BCUT2D eigenvalue weighted by molar-refractivity contribution is 6.05. The molecule has 1 aliphatic heterocycles. The van der Waals surface area contributed by atoms with Crippen LogP contribution in [0.4, 0.5) is 5.69 Å². The van der Waals surface area contributed by atoms with Gasteiger partial charge in [0.05, 0.1) is 7.11 Å². The number of amides is 1. The smallest absolute Gasteiger partial charge is 0.255 e. The normalized spacial score (nSPS) is 12.3. The standard InChI is InChI=1S/C18H20N2O2.ClH/c1-11-4-7-16(12(2)17(11)22-3)20-18(21)13-5-6-14-9-19-10-15(14)8-13;/h4-8,19H,9-10H2,1-3H3,(H,20,21);1H. The Morgan fingerprint density at radius 2 is 1.87 bits per heavy atom. The lowest BCUT2D eigenvalue weighted by molar-refractivity contribution is 0.102. The number of rotatable bonds is 3. The minimum Gasteiger partial charge on any atom is -0.496 e. The number of aryl methyl sites for hydroxylation is 1. The van der Waals surface area contributed by atoms with E-state index in [9.17, 15) is 4.79 Å². The summed E-state index contributed by atoms with van der Waals surface area (Å²) in [4.78, 5) is 12.5. The van der Waals surface area contributed by atoms with Gasteiger partial charge in [-0.3, -0.25) is 4.79 Å². The van der Waals surface area contributed by atoms with Crippen LogP contribution in [0.2, 0.25) is 0 Å². The van der Waals surface area contributed by atoms with Crippen molar-refractivity contribution in [1.82, 2.24) is 5.32 Å². The number of benzene rings is 2. The third-order valence-electron chi connectivity index (χ3n) is 4.15. The molecule has 1 heterocycles. The molecule has 2 aromatic rings. The number of anilines is 1. The molecule has 4 nitrogen and oxygen atoms in total. The summed E-state index contributed by atoms with van der Waals surface area (Å²) >= 11 is 0. The second-order valence-electron chi connectivity index (χ2n) is 5.63. The summed E-state index contributed by atoms with van der Waals surface area (Å²) in [6.07, 6.45) is 0. The molecule has 23 heavy (non-hydrogen) atoms. The van der Waals surface area contributed by atoms with E-state index in [4.69, 9.17) is 4.74 Å². The van der Waals surface area contributed by atoms with E-state index in [0.717, 1.165) is 35.7 Å². The average molecular weight is 333 g/mol. The zero-order chi connectivity index (χ0) is 15.7. The molecule has 0 spiro atoms. The zero-order valence-corrected chi connectivity index (χ0v) is 14.3. The highest BCUT2D eigenvalue weighted by Crippen LogP contribution is 2.29. The van der Waals surface area contributed by atoms with Gasteiger partial charge in [0.15, 0.2) is 0 Å². The number of methoxy groups -OCH3 is 1. The van der Waals surface area contributed by atoms with Gasteiger partial charge >= 0.3 is 0 Å². The maximum absolute atomic E-state index is 12.5. The quantitative estimate of drug-likeness (QED) is 0.903. The number of carbonyl (C=O) groups excluding carboxylic acids is 1. The maximum atomic E-state index is 12.5. The van der Waals surface area contributed by atoms with Crippen molar-refractivity contribution in [2.45, 2.75) is 26.9 Å². The second-order valence-corrected chi connectivity index (χ2v) is 5.63. The number of carbonyl (C=O) groups is 1. The fraction of sp³-hybridized carbons (Fsp3) is 0.278. The van der Waals surface area contributed by atoms with Crippen LogP contribution in [-0.2, 0) is 13.1 Å². The fourth-order valence-corrected chi connectivity index (χ4v) is 2.91. The highest BCUT2D eigenvalue weighted by Gasteiger charge is 2.15. The molecule has 122 valence electrons. The first-order chi connectivity index (χ1) is 10.6. The minimum atomic E-state index is -0.0938. The van der Waals surface area contributed by atoms with Crippen molar-refractivity contribution < 1.29 is 9.53 Å². The number of nitrogens with one attached hydrogen (secondary N) is 2. The van der Waals surface area contributed by atoms with E-state index < -0.39 is 0 Å². The van der Waals surface area contributed by atoms with Crippen LogP contribution >= 0.6 is 12.4 Å². The average Bonchev–Trinajstić information content (AvgIpc) is 2.98. The first-order valence-corrected chi connectivity index (χ1v) is 7.38. The maximum Gasteiger partial charge on any atom is 0.255 e. The van der Waals surface area contributed by atoms with Gasteiger partial charge in [-0.05, 0) is 48.7 Å². The van der Waals surface area contributed by atoms with Crippen molar-refractivity contribution in [2.75, 3.05) is 12.4 Å². The summed E-state index contributed by atoms with van der Waals surface area (Å²) in [5, 5.41) is 6.27. The van der Waals surface area contributed by atoms with Crippen LogP contribution in [0.15, 0.2) is 30.3 Å². The molecule has 0 bridgehead atoms. The monoisotopic (exact) mass is 332 g/mol. The van der Waals surface area contributed by atoms with Gasteiger partial charge in [-0.2, -0.15) is 0 Å². The molecule has 1 aliphatic rings. The Labute approximate surface area is 142 Å². The predicted molar refractivity (Wildman–Crippen MR) is 94.7 cm³/mol. The second kappa shape index (κ2) is 7.02. The molecule has 0 aliphatic carbocycles. The van der Waals surface area contributed by atoms with Gasteiger partial charge in [-0.1, -0.05) is 12.1 Å². The summed E-state index contributed by atoms with van der Waals surface area (Å²) in [6.45, 7) is 5.65. The van der Waals surface area contributed by atoms with Crippen LogP contribution in [0, 0.1) is 13.8 Å². The van der Waals surface area contributed by atoms with E-state index in [0.29, 0.717) is 5.56 Å². The lowest BCUT2D eigenvalue weighted by Gasteiger charge is -2.14. The number of ether oxygens (including phenoxy) is 1. The van der Waals surface area contributed by atoms with Gasteiger partial charge in [0.2, 0.25) is 0 Å². The predicted octanol–water partition coefficient (Wildman–Crippen LogP) is 3.59. The molecule has 5 heteroatoms. The van der Waals surface area contributed by atoms with Crippen LogP contribution in [0.5, 0.6) is 5.75 Å². The number of hydrogen-bond acceptors (Lipinski definition) is 3. The number of halogens is 1. The van der Waals surface area contributed by atoms with Crippen molar-refractivity contribution >= 4 is 24.0 Å². The van der Waals surface area contributed by atoms with Crippen LogP contribution in [0.25, 0.3) is 0 Å². The molecule has 1 amide bonds. The summed E-state index contributed by atoms with van der Waals surface area (Å²) in [6, 6.07) is 9.73. The van der Waals surface area contributed by atoms with Crippen molar-refractivity contribution in [1.29, 1.82) is 0 Å². The van der Waals surface area contributed by atoms with Crippen molar-refractivity contribution in [3.8, 4) is 5.75 Å². The topological polar surface area (TPSA) is 50.4 Å². The summed E-state index contributed by atoms with van der Waals surface area (Å²) in [7, 11) is 1.65. The SMILES string of the molecule is COc1c(C)ccc(NC(=O)c2ccc3c(c2)CNC3)c1C.Cl. The Bertz CT molecular complexity index is 744. The number of fused-ring (bicyclic) bond motifs is 1. The number of hydrogen-bond donors (Lipinski definition) is 2. The third kappa shape index (κ3) is 3.33. The Morgan fingerprint density at radius 1 is 1.13 bits per heavy atom. The molecule has 3 rings (SSSR count). The minimum absolute atomic E-state index is 0. The molecular formula is C18H21ClN2O2. The Kier molecular flexibility index (Phi) is 5.29. The summed E-state index contributed by atoms with van der Waals surface area (Å²) in [5.74, 6) is 0.722. The molecule has 0 atom stereocenters. The third-order valence-corrected chi connectivity index (χ3v) is 4.15. The molecule has 0 saturated carbocycles. The van der Waals surface area contributed by atoms with Crippen LogP contribution in [0.1, 0.15) is 32.6 Å². The molecule has 2 N–H and O–H groups in total. The highest BCUT2D eigenvalue weighted by atomic mass is 35.5. The molecule has 0 unspecified atom stereocenters. The Morgan fingerprint density at radius 3 is 2.61 bits per heavy atom. The van der Waals surface area contributed by atoms with Crippen molar-refractivity contribution in [2.24, 2.45) is 0 Å². The molecule has 0 aromatic heterocycles. The van der Waals surface area contributed by atoms with Gasteiger partial charge in [-0.25, -0.2) is 0 Å². The first-order valence-electron chi connectivity index (χ1n) is 7.38. The van der Waals surface area contributed by atoms with E-state index in [1.54, 1.807) is 7.11 Å². The summed E-state index contributed by atoms with van der Waals surface area (Å²) in [5.41, 5.74) is 5.93. The fourth-order valence-electron chi connectivity index (χ4n) is 2.91. The van der Waals surface area contributed by atoms with Gasteiger partial charge in [0.25, 0.3) is 5.91 Å². The van der Waals surface area contributed by atoms with Gasteiger partial charge in [-0.15, -0.1) is 12.4 Å². The van der Waals surface area contributed by atoms with Crippen molar-refractivity contribution in [3.63, 3.8) is 0 Å². The van der Waals surface area contributed by atoms with Crippen LogP contribution in [0.3, 0.4) is 0 Å². The lowest BCUT2D eigenvalue weighted by Crippen LogP contribution is -2.13. The largest absolute Gasteiger partial charge is 0.496 e. The Balaban J connectivity index is 0.00000192. The van der Waals surface area contributed by atoms with E-state index in [-0.39, 0.29) is 18.3 Å². The van der Waals surface area contributed by atoms with Crippen LogP contribution in [-0.4, -0.2) is 13.0 Å². The van der Waals surface area contributed by atoms with E-state index >= 15 is 0 Å². The first kappa shape index (κ1) is 17.3. The van der Waals surface area contributed by atoms with E-state index in [2.05, 4.69) is 10.6 Å². The molecule has 0 fully saturated rings. The van der Waals surface area contributed by atoms with Gasteiger partial charge < -0.3 is 15.4 Å². The molecular weight excluding hydrogens is 312 g/mol.